The number of piperazine rings is 1. The van der Waals surface area contributed by atoms with E-state index in [1.54, 1.807) is 9.80 Å². The fraction of sp³-hybridized carbons (Fsp3) is 0.429. The maximum atomic E-state index is 12.1. The van der Waals surface area contributed by atoms with Crippen molar-refractivity contribution >= 4 is 33.4 Å². The molecule has 1 fully saturated rings. The summed E-state index contributed by atoms with van der Waals surface area (Å²) in [4.78, 5) is 26.6. The molecule has 1 aliphatic rings. The maximum Gasteiger partial charge on any atom is 0.241 e. The molecular weight excluding hydrogens is 342 g/mol. The normalized spacial score (nSPS) is 15.6. The van der Waals surface area contributed by atoms with Crippen molar-refractivity contribution in [1.82, 2.24) is 14.5 Å². The lowest BCUT2D eigenvalue weighted by atomic mass is 10.3. The van der Waals surface area contributed by atoms with Crippen LogP contribution in [0.2, 0.25) is 5.02 Å². The minimum Gasteiger partial charge on any atom is -0.339 e. The van der Waals surface area contributed by atoms with Crippen molar-refractivity contribution < 1.29 is 18.0 Å². The van der Waals surface area contributed by atoms with Crippen LogP contribution in [0.15, 0.2) is 29.2 Å². The van der Waals surface area contributed by atoms with E-state index in [0.717, 1.165) is 0 Å². The highest BCUT2D eigenvalue weighted by Crippen LogP contribution is 2.13. The molecule has 1 heterocycles. The van der Waals surface area contributed by atoms with E-state index in [-0.39, 0.29) is 23.3 Å². The first-order valence-corrected chi connectivity index (χ1v) is 8.94. The van der Waals surface area contributed by atoms with Gasteiger partial charge in [-0.15, -0.1) is 0 Å². The molecule has 0 spiro atoms. The number of nitrogens with one attached hydrogen (secondary N) is 1. The van der Waals surface area contributed by atoms with Gasteiger partial charge in [0.25, 0.3) is 0 Å². The van der Waals surface area contributed by atoms with Gasteiger partial charge in [0.1, 0.15) is 0 Å². The molecule has 0 aliphatic carbocycles. The molecule has 0 saturated carbocycles. The Labute approximate surface area is 140 Å². The monoisotopic (exact) mass is 359 g/mol. The van der Waals surface area contributed by atoms with Crippen LogP contribution in [0.25, 0.3) is 0 Å². The van der Waals surface area contributed by atoms with E-state index in [0.29, 0.717) is 31.2 Å². The van der Waals surface area contributed by atoms with Crippen LogP contribution in [-0.2, 0) is 19.6 Å². The van der Waals surface area contributed by atoms with Crippen molar-refractivity contribution in [2.75, 3.05) is 32.7 Å². The molecule has 2 rings (SSSR count). The molecule has 1 aliphatic heterocycles. The molecule has 1 saturated heterocycles. The quantitative estimate of drug-likeness (QED) is 0.838. The molecule has 126 valence electrons. The average Bonchev–Trinajstić information content (AvgIpc) is 2.53. The second-order valence-corrected chi connectivity index (χ2v) is 7.37. The number of carbonyl (C=O) groups excluding carboxylic acids is 2. The highest BCUT2D eigenvalue weighted by molar-refractivity contribution is 7.89. The highest BCUT2D eigenvalue weighted by Gasteiger charge is 2.23. The molecule has 0 bridgehead atoms. The Morgan fingerprint density at radius 1 is 1.09 bits per heavy atom. The summed E-state index contributed by atoms with van der Waals surface area (Å²) in [6.45, 7) is 2.90. The fourth-order valence-corrected chi connectivity index (χ4v) is 3.34. The van der Waals surface area contributed by atoms with Gasteiger partial charge in [0, 0.05) is 38.1 Å². The summed E-state index contributed by atoms with van der Waals surface area (Å²) >= 11 is 5.72. The Hall–Kier alpha value is -1.64. The third kappa shape index (κ3) is 4.66. The van der Waals surface area contributed by atoms with Crippen molar-refractivity contribution in [2.24, 2.45) is 0 Å². The Morgan fingerprint density at radius 2 is 1.61 bits per heavy atom. The number of hydrogen-bond acceptors (Lipinski definition) is 4. The summed E-state index contributed by atoms with van der Waals surface area (Å²) in [5, 5.41) is 0.434. The van der Waals surface area contributed by atoms with Gasteiger partial charge in [-0.3, -0.25) is 9.59 Å². The number of rotatable bonds is 4. The van der Waals surface area contributed by atoms with Gasteiger partial charge in [-0.05, 0) is 24.3 Å². The molecular formula is C14H18ClN3O4S. The van der Waals surface area contributed by atoms with Crippen LogP contribution in [0, 0.1) is 0 Å². The Morgan fingerprint density at radius 3 is 2.13 bits per heavy atom. The van der Waals surface area contributed by atoms with E-state index in [4.69, 9.17) is 11.6 Å². The van der Waals surface area contributed by atoms with Crippen LogP contribution in [0.3, 0.4) is 0 Å². The lowest BCUT2D eigenvalue weighted by molar-refractivity contribution is -0.137. The summed E-state index contributed by atoms with van der Waals surface area (Å²) < 4.78 is 26.5. The van der Waals surface area contributed by atoms with Gasteiger partial charge in [-0.25, -0.2) is 13.1 Å². The highest BCUT2D eigenvalue weighted by atomic mass is 35.5. The third-order valence-corrected chi connectivity index (χ3v) is 5.28. The van der Waals surface area contributed by atoms with E-state index in [1.165, 1.54) is 31.2 Å². The molecule has 9 heteroatoms. The number of halogens is 1. The molecule has 1 N–H and O–H groups in total. The lowest BCUT2D eigenvalue weighted by Crippen LogP contribution is -2.52. The van der Waals surface area contributed by atoms with Gasteiger partial charge >= 0.3 is 0 Å². The SMILES string of the molecule is CC(=O)N1CCN(C(=O)CNS(=O)(=O)c2ccc(Cl)cc2)CC1. The predicted octanol–water partition coefficient (Wildman–Crippen LogP) is 0.309. The largest absolute Gasteiger partial charge is 0.339 e. The first kappa shape index (κ1) is 17.7. The molecule has 1 aromatic carbocycles. The Balaban J connectivity index is 1.89. The number of sulfonamides is 1. The molecule has 7 nitrogen and oxygen atoms in total. The number of hydrogen-bond donors (Lipinski definition) is 1. The summed E-state index contributed by atoms with van der Waals surface area (Å²) in [5.41, 5.74) is 0. The standard InChI is InChI=1S/C14H18ClN3O4S/c1-11(19)17-6-8-18(9-7-17)14(20)10-16-23(21,22)13-4-2-12(15)3-5-13/h2-5,16H,6-10H2,1H3. The van der Waals surface area contributed by atoms with Gasteiger partial charge in [0.2, 0.25) is 21.8 Å². The molecule has 0 radical (unpaired) electrons. The first-order chi connectivity index (χ1) is 10.8. The van der Waals surface area contributed by atoms with Gasteiger partial charge in [0.05, 0.1) is 11.4 Å². The van der Waals surface area contributed by atoms with Crippen molar-refractivity contribution in [2.45, 2.75) is 11.8 Å². The van der Waals surface area contributed by atoms with Crippen molar-refractivity contribution in [3.8, 4) is 0 Å². The van der Waals surface area contributed by atoms with Gasteiger partial charge < -0.3 is 9.80 Å². The zero-order valence-corrected chi connectivity index (χ0v) is 14.2. The second kappa shape index (κ2) is 7.29. The molecule has 0 aromatic heterocycles. The number of nitrogens with zero attached hydrogens (tertiary/aromatic N) is 2. The number of amides is 2. The topological polar surface area (TPSA) is 86.8 Å². The van der Waals surface area contributed by atoms with Crippen molar-refractivity contribution in [3.05, 3.63) is 29.3 Å². The molecule has 0 unspecified atom stereocenters. The van der Waals surface area contributed by atoms with Crippen LogP contribution >= 0.6 is 11.6 Å². The molecule has 2 amide bonds. The van der Waals surface area contributed by atoms with Crippen LogP contribution in [0.4, 0.5) is 0 Å². The smallest absolute Gasteiger partial charge is 0.241 e. The van der Waals surface area contributed by atoms with E-state index in [2.05, 4.69) is 4.72 Å². The van der Waals surface area contributed by atoms with Gasteiger partial charge in [-0.2, -0.15) is 0 Å². The van der Waals surface area contributed by atoms with Crippen LogP contribution in [0.5, 0.6) is 0 Å². The van der Waals surface area contributed by atoms with Crippen LogP contribution < -0.4 is 4.72 Å². The number of carbonyl (C=O) groups is 2. The van der Waals surface area contributed by atoms with Crippen LogP contribution in [0.1, 0.15) is 6.92 Å². The maximum absolute atomic E-state index is 12.1. The van der Waals surface area contributed by atoms with Crippen molar-refractivity contribution in [3.63, 3.8) is 0 Å². The third-order valence-electron chi connectivity index (χ3n) is 3.62. The minimum atomic E-state index is -3.76. The Bertz CT molecular complexity index is 682. The van der Waals surface area contributed by atoms with E-state index >= 15 is 0 Å². The van der Waals surface area contributed by atoms with Crippen LogP contribution in [-0.4, -0.2) is 62.8 Å². The average molecular weight is 360 g/mol. The molecule has 1 aromatic rings. The number of benzene rings is 1. The zero-order valence-electron chi connectivity index (χ0n) is 12.7. The zero-order chi connectivity index (χ0) is 17.0. The van der Waals surface area contributed by atoms with E-state index in [1.807, 2.05) is 0 Å². The van der Waals surface area contributed by atoms with Crippen molar-refractivity contribution in [1.29, 1.82) is 0 Å². The molecule has 0 atom stereocenters. The summed E-state index contributed by atoms with van der Waals surface area (Å²) in [6, 6.07) is 5.69. The lowest BCUT2D eigenvalue weighted by Gasteiger charge is -2.34. The van der Waals surface area contributed by atoms with E-state index in [9.17, 15) is 18.0 Å². The minimum absolute atomic E-state index is 0.0273. The fourth-order valence-electron chi connectivity index (χ4n) is 2.24. The molecule has 23 heavy (non-hydrogen) atoms. The first-order valence-electron chi connectivity index (χ1n) is 7.08. The van der Waals surface area contributed by atoms with Gasteiger partial charge in [-0.1, -0.05) is 11.6 Å². The predicted molar refractivity (Wildman–Crippen MR) is 85.5 cm³/mol. The summed E-state index contributed by atoms with van der Waals surface area (Å²) in [7, 11) is -3.76. The summed E-state index contributed by atoms with van der Waals surface area (Å²) in [5.74, 6) is -0.341. The van der Waals surface area contributed by atoms with Gasteiger partial charge in [0.15, 0.2) is 0 Å². The Kier molecular flexibility index (Phi) is 5.61. The van der Waals surface area contributed by atoms with E-state index < -0.39 is 10.0 Å². The summed E-state index contributed by atoms with van der Waals surface area (Å²) in [6.07, 6.45) is 0. The second-order valence-electron chi connectivity index (χ2n) is 5.17.